The van der Waals surface area contributed by atoms with Gasteiger partial charge in [0.2, 0.25) is 0 Å². The smallest absolute Gasteiger partial charge is 0.309 e. The first-order chi connectivity index (χ1) is 8.52. The maximum absolute atomic E-state index is 10.9. The zero-order valence-electron chi connectivity index (χ0n) is 11.2. The van der Waals surface area contributed by atoms with E-state index in [0.29, 0.717) is 19.6 Å². The minimum atomic E-state index is -0.768. The van der Waals surface area contributed by atoms with Crippen molar-refractivity contribution in [3.8, 4) is 0 Å². The van der Waals surface area contributed by atoms with Gasteiger partial charge in [-0.2, -0.15) is 0 Å². The Kier molecular flexibility index (Phi) is 5.86. The summed E-state index contributed by atoms with van der Waals surface area (Å²) in [7, 11) is 0. The van der Waals surface area contributed by atoms with Gasteiger partial charge in [-0.1, -0.05) is 30.3 Å². The number of aryl methyl sites for hydroxylation is 1. The van der Waals surface area contributed by atoms with Gasteiger partial charge in [-0.25, -0.2) is 0 Å². The molecule has 3 nitrogen and oxygen atoms in total. The second-order valence-electron chi connectivity index (χ2n) is 5.14. The van der Waals surface area contributed by atoms with Gasteiger partial charge in [0, 0.05) is 13.2 Å². The van der Waals surface area contributed by atoms with E-state index in [1.807, 2.05) is 18.2 Å². The lowest BCUT2D eigenvalue weighted by Crippen LogP contribution is -2.25. The topological polar surface area (TPSA) is 46.5 Å². The Bertz CT molecular complexity index is 357. The fourth-order valence-corrected chi connectivity index (χ4v) is 1.56. The number of benzene rings is 1. The summed E-state index contributed by atoms with van der Waals surface area (Å²) in [5, 5.41) is 8.94. The van der Waals surface area contributed by atoms with Crippen LogP contribution in [0.3, 0.4) is 0 Å². The van der Waals surface area contributed by atoms with Crippen molar-refractivity contribution in [2.45, 2.75) is 33.1 Å². The summed E-state index contributed by atoms with van der Waals surface area (Å²) in [5.41, 5.74) is 0.617. The average molecular weight is 250 g/mol. The monoisotopic (exact) mass is 250 g/mol. The van der Waals surface area contributed by atoms with Crippen molar-refractivity contribution in [2.75, 3.05) is 13.2 Å². The largest absolute Gasteiger partial charge is 0.481 e. The minimum Gasteiger partial charge on any atom is -0.481 e. The molecule has 1 rings (SSSR count). The maximum Gasteiger partial charge on any atom is 0.309 e. The summed E-state index contributed by atoms with van der Waals surface area (Å²) < 4.78 is 5.48. The van der Waals surface area contributed by atoms with E-state index in [1.54, 1.807) is 13.8 Å². The molecule has 18 heavy (non-hydrogen) atoms. The van der Waals surface area contributed by atoms with Gasteiger partial charge < -0.3 is 9.84 Å². The Hall–Kier alpha value is -1.35. The molecule has 0 amide bonds. The molecule has 0 radical (unpaired) electrons. The number of carboxylic acids is 1. The summed E-state index contributed by atoms with van der Waals surface area (Å²) in [6, 6.07) is 10.3. The second kappa shape index (κ2) is 7.17. The number of ether oxygens (including phenoxy) is 1. The normalized spacial score (nSPS) is 11.4. The van der Waals surface area contributed by atoms with E-state index in [-0.39, 0.29) is 0 Å². The molecule has 0 aliphatic rings. The standard InChI is InChI=1S/C15H22O3/c1-15(2,14(16)17)10-12-18-11-6-9-13-7-4-3-5-8-13/h3-5,7-8H,6,9-12H2,1-2H3,(H,16,17). The van der Waals surface area contributed by atoms with E-state index in [4.69, 9.17) is 9.84 Å². The molecule has 1 N–H and O–H groups in total. The summed E-state index contributed by atoms with van der Waals surface area (Å²) in [5.74, 6) is -0.768. The molecule has 0 unspecified atom stereocenters. The highest BCUT2D eigenvalue weighted by molar-refractivity contribution is 5.73. The Morgan fingerprint density at radius 3 is 2.50 bits per heavy atom. The zero-order valence-corrected chi connectivity index (χ0v) is 11.2. The molecule has 0 aliphatic heterocycles. The summed E-state index contributed by atoms with van der Waals surface area (Å²) >= 11 is 0. The van der Waals surface area contributed by atoms with Crippen LogP contribution in [0.1, 0.15) is 32.3 Å². The van der Waals surface area contributed by atoms with Gasteiger partial charge in [0.05, 0.1) is 5.41 Å². The van der Waals surface area contributed by atoms with E-state index in [9.17, 15) is 4.79 Å². The van der Waals surface area contributed by atoms with Gasteiger partial charge in [0.1, 0.15) is 0 Å². The molecular formula is C15H22O3. The number of hydrogen-bond donors (Lipinski definition) is 1. The molecule has 1 aromatic carbocycles. The molecule has 0 heterocycles. The van der Waals surface area contributed by atoms with E-state index in [1.165, 1.54) is 5.56 Å². The van der Waals surface area contributed by atoms with Gasteiger partial charge in [-0.05, 0) is 38.7 Å². The molecule has 100 valence electrons. The second-order valence-corrected chi connectivity index (χ2v) is 5.14. The van der Waals surface area contributed by atoms with Crippen LogP contribution in [0.5, 0.6) is 0 Å². The van der Waals surface area contributed by atoms with Gasteiger partial charge in [0.25, 0.3) is 0 Å². The molecule has 0 spiro atoms. The molecule has 0 aliphatic carbocycles. The van der Waals surface area contributed by atoms with Crippen LogP contribution in [0.4, 0.5) is 0 Å². The first kappa shape index (κ1) is 14.7. The van der Waals surface area contributed by atoms with Crippen LogP contribution < -0.4 is 0 Å². The maximum atomic E-state index is 10.9. The molecular weight excluding hydrogens is 228 g/mol. The Labute approximate surface area is 109 Å². The third-order valence-electron chi connectivity index (χ3n) is 3.05. The molecule has 0 saturated carbocycles. The van der Waals surface area contributed by atoms with E-state index >= 15 is 0 Å². The Balaban J connectivity index is 2.08. The third kappa shape index (κ3) is 5.32. The van der Waals surface area contributed by atoms with Crippen LogP contribution in [-0.2, 0) is 16.0 Å². The quantitative estimate of drug-likeness (QED) is 0.721. The number of aliphatic carboxylic acids is 1. The van der Waals surface area contributed by atoms with Crippen LogP contribution in [0.25, 0.3) is 0 Å². The molecule has 0 fully saturated rings. The van der Waals surface area contributed by atoms with Crippen LogP contribution in [-0.4, -0.2) is 24.3 Å². The predicted molar refractivity (Wildman–Crippen MR) is 71.6 cm³/mol. The summed E-state index contributed by atoms with van der Waals surface area (Å²) in [4.78, 5) is 10.9. The van der Waals surface area contributed by atoms with Crippen molar-refractivity contribution in [3.63, 3.8) is 0 Å². The van der Waals surface area contributed by atoms with Gasteiger partial charge in [0.15, 0.2) is 0 Å². The van der Waals surface area contributed by atoms with E-state index in [2.05, 4.69) is 12.1 Å². The van der Waals surface area contributed by atoms with Crippen LogP contribution >= 0.6 is 0 Å². The van der Waals surface area contributed by atoms with Crippen LogP contribution in [0.2, 0.25) is 0 Å². The summed E-state index contributed by atoms with van der Waals surface area (Å²) in [6.45, 7) is 4.64. The first-order valence-electron chi connectivity index (χ1n) is 6.37. The van der Waals surface area contributed by atoms with Crippen molar-refractivity contribution in [1.82, 2.24) is 0 Å². The summed E-state index contributed by atoms with van der Waals surface area (Å²) in [6.07, 6.45) is 2.52. The lowest BCUT2D eigenvalue weighted by Gasteiger charge is -2.18. The fraction of sp³-hybridized carbons (Fsp3) is 0.533. The zero-order chi connectivity index (χ0) is 13.4. The van der Waals surface area contributed by atoms with Gasteiger partial charge in [-0.15, -0.1) is 0 Å². The van der Waals surface area contributed by atoms with E-state index in [0.717, 1.165) is 12.8 Å². The highest BCUT2D eigenvalue weighted by Gasteiger charge is 2.26. The van der Waals surface area contributed by atoms with Crippen molar-refractivity contribution in [1.29, 1.82) is 0 Å². The van der Waals surface area contributed by atoms with Crippen LogP contribution in [0, 0.1) is 5.41 Å². The molecule has 0 atom stereocenters. The van der Waals surface area contributed by atoms with Gasteiger partial charge in [-0.3, -0.25) is 4.79 Å². The highest BCUT2D eigenvalue weighted by Crippen LogP contribution is 2.20. The lowest BCUT2D eigenvalue weighted by molar-refractivity contribution is -0.148. The molecule has 3 heteroatoms. The van der Waals surface area contributed by atoms with Gasteiger partial charge >= 0.3 is 5.97 Å². The number of hydrogen-bond acceptors (Lipinski definition) is 2. The van der Waals surface area contributed by atoms with Crippen molar-refractivity contribution >= 4 is 5.97 Å². The minimum absolute atomic E-state index is 0.508. The van der Waals surface area contributed by atoms with Crippen molar-refractivity contribution < 1.29 is 14.6 Å². The average Bonchev–Trinajstić information content (AvgIpc) is 2.34. The fourth-order valence-electron chi connectivity index (χ4n) is 1.56. The van der Waals surface area contributed by atoms with E-state index < -0.39 is 11.4 Å². The highest BCUT2D eigenvalue weighted by atomic mass is 16.5. The van der Waals surface area contributed by atoms with Crippen molar-refractivity contribution in [3.05, 3.63) is 35.9 Å². The molecule has 0 saturated heterocycles. The Morgan fingerprint density at radius 2 is 1.89 bits per heavy atom. The first-order valence-corrected chi connectivity index (χ1v) is 6.37. The molecule has 1 aromatic rings. The Morgan fingerprint density at radius 1 is 1.22 bits per heavy atom. The predicted octanol–water partition coefficient (Wildman–Crippen LogP) is 3.14. The number of carboxylic acid groups (broad SMARTS) is 1. The van der Waals surface area contributed by atoms with Crippen molar-refractivity contribution in [2.24, 2.45) is 5.41 Å². The third-order valence-corrected chi connectivity index (χ3v) is 3.05. The SMILES string of the molecule is CC(C)(CCOCCCc1ccccc1)C(=O)O. The number of rotatable bonds is 8. The molecule has 0 aromatic heterocycles. The lowest BCUT2D eigenvalue weighted by atomic mass is 9.90. The molecule has 0 bridgehead atoms. The van der Waals surface area contributed by atoms with Crippen LogP contribution in [0.15, 0.2) is 30.3 Å². The number of carbonyl (C=O) groups is 1.